The Bertz CT molecular complexity index is 1620. The molecular weight excluding hydrogens is 407 g/mol. The van der Waals surface area contributed by atoms with Crippen molar-refractivity contribution >= 4 is 22.1 Å². The Morgan fingerprint density at radius 3 is 2.62 bits per heavy atom. The van der Waals surface area contributed by atoms with Crippen LogP contribution in [0.3, 0.4) is 0 Å². The van der Waals surface area contributed by atoms with Crippen molar-refractivity contribution in [2.24, 2.45) is 7.05 Å². The highest BCUT2D eigenvalue weighted by molar-refractivity contribution is 5.94. The highest BCUT2D eigenvalue weighted by Crippen LogP contribution is 2.31. The molecule has 5 heterocycles. The summed E-state index contributed by atoms with van der Waals surface area (Å²) in [7, 11) is 1.96. The zero-order valence-electron chi connectivity index (χ0n) is 17.3. The minimum atomic E-state index is -0.322. The van der Waals surface area contributed by atoms with Crippen molar-refractivity contribution in [1.82, 2.24) is 39.7 Å². The number of imidazole rings is 2. The summed E-state index contributed by atoms with van der Waals surface area (Å²) in [5, 5.41) is 7.48. The summed E-state index contributed by atoms with van der Waals surface area (Å²) in [6, 6.07) is 12.0. The summed E-state index contributed by atoms with van der Waals surface area (Å²) < 4.78 is 15.8. The van der Waals surface area contributed by atoms with Gasteiger partial charge in [0.2, 0.25) is 0 Å². The summed E-state index contributed by atoms with van der Waals surface area (Å²) in [5.41, 5.74) is 6.48. The first-order chi connectivity index (χ1) is 15.6. The second-order valence-corrected chi connectivity index (χ2v) is 7.57. The molecule has 2 N–H and O–H groups in total. The molecule has 6 rings (SSSR count). The molecule has 156 valence electrons. The topological polar surface area (TPSA) is 101 Å². The van der Waals surface area contributed by atoms with E-state index in [9.17, 15) is 4.39 Å². The van der Waals surface area contributed by atoms with Crippen molar-refractivity contribution in [3.63, 3.8) is 0 Å². The number of H-pyrrole nitrogens is 2. The number of halogens is 1. The van der Waals surface area contributed by atoms with Crippen molar-refractivity contribution in [2.75, 3.05) is 0 Å². The number of nitrogens with one attached hydrogen (secondary N) is 2. The van der Waals surface area contributed by atoms with E-state index < -0.39 is 0 Å². The number of nitrogens with zero attached hydrogens (tertiary/aromatic N) is 6. The van der Waals surface area contributed by atoms with Gasteiger partial charge in [0.05, 0.1) is 34.3 Å². The zero-order chi connectivity index (χ0) is 21.8. The van der Waals surface area contributed by atoms with Crippen molar-refractivity contribution in [1.29, 1.82) is 0 Å². The lowest BCUT2D eigenvalue weighted by Crippen LogP contribution is -1.96. The maximum atomic E-state index is 13.8. The third kappa shape index (κ3) is 2.78. The lowest BCUT2D eigenvalue weighted by atomic mass is 10.1. The van der Waals surface area contributed by atoms with Gasteiger partial charge in [0.25, 0.3) is 0 Å². The van der Waals surface area contributed by atoms with Gasteiger partial charge in [-0.3, -0.25) is 10.1 Å². The summed E-state index contributed by atoms with van der Waals surface area (Å²) in [5.74, 6) is 1.14. The van der Waals surface area contributed by atoms with Gasteiger partial charge in [-0.05, 0) is 37.3 Å². The lowest BCUT2D eigenvalue weighted by molar-refractivity contribution is 0.628. The first-order valence-electron chi connectivity index (χ1n) is 10.0. The molecule has 0 radical (unpaired) electrons. The van der Waals surface area contributed by atoms with E-state index in [2.05, 4.69) is 25.1 Å². The predicted molar refractivity (Wildman–Crippen MR) is 119 cm³/mol. The molecule has 0 saturated heterocycles. The van der Waals surface area contributed by atoms with Crippen LogP contribution < -0.4 is 0 Å². The van der Waals surface area contributed by atoms with Crippen LogP contribution in [0.2, 0.25) is 0 Å². The van der Waals surface area contributed by atoms with Gasteiger partial charge in [-0.15, -0.1) is 0 Å². The Morgan fingerprint density at radius 2 is 1.81 bits per heavy atom. The van der Waals surface area contributed by atoms with Gasteiger partial charge < -0.3 is 9.55 Å². The van der Waals surface area contributed by atoms with Gasteiger partial charge in [-0.1, -0.05) is 12.1 Å². The average Bonchev–Trinajstić information content (AvgIpc) is 3.50. The second-order valence-electron chi connectivity index (χ2n) is 7.57. The average molecular weight is 424 g/mol. The summed E-state index contributed by atoms with van der Waals surface area (Å²) in [6.45, 7) is 1.95. The molecule has 0 spiro atoms. The Morgan fingerprint density at radius 1 is 0.938 bits per heavy atom. The Hall–Kier alpha value is -4.40. The maximum Gasteiger partial charge on any atom is 0.161 e. The molecule has 5 aromatic heterocycles. The van der Waals surface area contributed by atoms with E-state index >= 15 is 0 Å². The maximum absolute atomic E-state index is 13.8. The van der Waals surface area contributed by atoms with Crippen LogP contribution >= 0.6 is 0 Å². The fourth-order valence-corrected chi connectivity index (χ4v) is 3.84. The van der Waals surface area contributed by atoms with E-state index in [-0.39, 0.29) is 5.82 Å². The first kappa shape index (κ1) is 18.4. The van der Waals surface area contributed by atoms with Crippen LogP contribution in [-0.4, -0.2) is 39.7 Å². The van der Waals surface area contributed by atoms with Crippen LogP contribution in [0, 0.1) is 12.7 Å². The number of hydrogen-bond acceptors (Lipinski definition) is 5. The highest BCUT2D eigenvalue weighted by Gasteiger charge is 2.18. The smallest absolute Gasteiger partial charge is 0.161 e. The Kier molecular flexibility index (Phi) is 3.91. The molecule has 0 saturated carbocycles. The van der Waals surface area contributed by atoms with E-state index in [0.717, 1.165) is 28.2 Å². The molecule has 0 aliphatic carbocycles. The number of aromatic amines is 2. The fraction of sp³-hybridized carbons (Fsp3) is 0.0870. The Balaban J connectivity index is 1.52. The molecule has 9 heteroatoms. The van der Waals surface area contributed by atoms with Gasteiger partial charge in [0, 0.05) is 18.8 Å². The number of aromatic nitrogens is 8. The molecule has 32 heavy (non-hydrogen) atoms. The van der Waals surface area contributed by atoms with Crippen molar-refractivity contribution in [3.05, 3.63) is 66.5 Å². The molecule has 0 bridgehead atoms. The largest absolute Gasteiger partial charge is 0.336 e. The third-order valence-corrected chi connectivity index (χ3v) is 5.61. The molecule has 0 aliphatic rings. The van der Waals surface area contributed by atoms with E-state index in [1.165, 1.54) is 12.1 Å². The van der Waals surface area contributed by atoms with Crippen LogP contribution in [0.5, 0.6) is 0 Å². The van der Waals surface area contributed by atoms with Gasteiger partial charge in [0.1, 0.15) is 22.7 Å². The summed E-state index contributed by atoms with van der Waals surface area (Å²) in [4.78, 5) is 21.7. The lowest BCUT2D eigenvalue weighted by Gasteiger charge is -2.03. The molecule has 0 fully saturated rings. The normalized spacial score (nSPS) is 11.6. The van der Waals surface area contributed by atoms with Crippen molar-refractivity contribution in [3.8, 4) is 34.2 Å². The van der Waals surface area contributed by atoms with E-state index in [4.69, 9.17) is 9.97 Å². The van der Waals surface area contributed by atoms with Crippen molar-refractivity contribution in [2.45, 2.75) is 6.92 Å². The third-order valence-electron chi connectivity index (χ3n) is 5.61. The van der Waals surface area contributed by atoms with E-state index in [0.29, 0.717) is 33.8 Å². The van der Waals surface area contributed by atoms with Crippen LogP contribution in [0.4, 0.5) is 4.39 Å². The van der Waals surface area contributed by atoms with Crippen LogP contribution in [0.15, 0.2) is 54.9 Å². The van der Waals surface area contributed by atoms with Gasteiger partial charge in [0.15, 0.2) is 11.5 Å². The number of aryl methyl sites for hydroxylation is 1. The summed E-state index contributed by atoms with van der Waals surface area (Å²) in [6.07, 6.45) is 3.48. The highest BCUT2D eigenvalue weighted by atomic mass is 19.1. The van der Waals surface area contributed by atoms with Crippen LogP contribution in [0.25, 0.3) is 56.2 Å². The summed E-state index contributed by atoms with van der Waals surface area (Å²) >= 11 is 0. The molecule has 0 amide bonds. The number of pyridine rings is 2. The minimum Gasteiger partial charge on any atom is -0.336 e. The zero-order valence-corrected chi connectivity index (χ0v) is 17.3. The second kappa shape index (κ2) is 6.81. The molecule has 1 aromatic carbocycles. The van der Waals surface area contributed by atoms with Crippen LogP contribution in [-0.2, 0) is 7.05 Å². The molecule has 6 aromatic rings. The number of benzene rings is 1. The van der Waals surface area contributed by atoms with E-state index in [1.54, 1.807) is 18.5 Å². The standard InChI is InChI=1S/C23H17FN8/c1-12-26-11-18(32(12)2)15-6-7-17-21(27-15)22(31-30-17)23-28-16-8-9-25-19(20(16)29-23)13-4-3-5-14(24)10-13/h3-11H,1-2H3,(H,28,29)(H,30,31). The quantitative estimate of drug-likeness (QED) is 0.438. The monoisotopic (exact) mass is 424 g/mol. The first-order valence-corrected chi connectivity index (χ1v) is 10.0. The Labute approximate surface area is 181 Å². The van der Waals surface area contributed by atoms with Crippen molar-refractivity contribution < 1.29 is 4.39 Å². The SMILES string of the molecule is Cc1ncc(-c2ccc3[nH]nc(-c4nc5c(-c6cccc(F)c6)nccc5[nH]4)c3n2)n1C. The molecule has 8 nitrogen and oxygen atoms in total. The van der Waals surface area contributed by atoms with E-state index in [1.807, 2.05) is 42.8 Å². The van der Waals surface area contributed by atoms with Gasteiger partial charge in [-0.2, -0.15) is 5.10 Å². The number of fused-ring (bicyclic) bond motifs is 2. The molecule has 0 aliphatic heterocycles. The van der Waals surface area contributed by atoms with Gasteiger partial charge >= 0.3 is 0 Å². The van der Waals surface area contributed by atoms with Gasteiger partial charge in [-0.25, -0.2) is 19.3 Å². The molecular formula is C23H17FN8. The predicted octanol–water partition coefficient (Wildman–Crippen LogP) is 4.41. The molecule has 0 atom stereocenters. The minimum absolute atomic E-state index is 0.322. The van der Waals surface area contributed by atoms with Crippen LogP contribution in [0.1, 0.15) is 5.82 Å². The number of rotatable bonds is 3. The fourth-order valence-electron chi connectivity index (χ4n) is 3.84. The number of hydrogen-bond donors (Lipinski definition) is 2. The molecule has 0 unspecified atom stereocenters.